The van der Waals surface area contributed by atoms with Crippen LogP contribution < -0.4 is 10.1 Å². The van der Waals surface area contributed by atoms with Crippen LogP contribution in [0.15, 0.2) is 84.6 Å². The molecule has 0 spiro atoms. The normalized spacial score (nSPS) is 11.0. The van der Waals surface area contributed by atoms with Crippen LogP contribution in [0.1, 0.15) is 21.5 Å². The van der Waals surface area contributed by atoms with Crippen molar-refractivity contribution < 1.29 is 19.4 Å². The number of rotatable bonds is 6. The molecule has 0 heterocycles. The zero-order chi connectivity index (χ0) is 19.9. The highest BCUT2D eigenvalue weighted by molar-refractivity contribution is 6.02. The number of carboxylic acids is 1. The molecule has 0 unspecified atom stereocenters. The van der Waals surface area contributed by atoms with Gasteiger partial charge in [0.25, 0.3) is 5.91 Å². The summed E-state index contributed by atoms with van der Waals surface area (Å²) >= 11 is 0. The van der Waals surface area contributed by atoms with Crippen LogP contribution in [0, 0.1) is 6.92 Å². The van der Waals surface area contributed by atoms with Gasteiger partial charge in [-0.2, -0.15) is 0 Å². The molecule has 0 atom stereocenters. The van der Waals surface area contributed by atoms with Crippen LogP contribution in [0.4, 0.5) is 0 Å². The Morgan fingerprint density at radius 1 is 0.893 bits per heavy atom. The fourth-order valence-corrected chi connectivity index (χ4v) is 2.59. The van der Waals surface area contributed by atoms with E-state index in [9.17, 15) is 14.7 Å². The second kappa shape index (κ2) is 8.68. The van der Waals surface area contributed by atoms with E-state index in [0.29, 0.717) is 22.6 Å². The van der Waals surface area contributed by atoms with Crippen LogP contribution in [0.3, 0.4) is 0 Å². The lowest BCUT2D eigenvalue weighted by Crippen LogP contribution is -2.27. The molecule has 28 heavy (non-hydrogen) atoms. The van der Waals surface area contributed by atoms with Crippen LogP contribution in [0.25, 0.3) is 6.08 Å². The summed E-state index contributed by atoms with van der Waals surface area (Å²) < 4.78 is 5.78. The van der Waals surface area contributed by atoms with Gasteiger partial charge in [0.2, 0.25) is 0 Å². The largest absolute Gasteiger partial charge is 0.477 e. The lowest BCUT2D eigenvalue weighted by molar-refractivity contribution is -0.132. The molecule has 0 saturated carbocycles. The van der Waals surface area contributed by atoms with E-state index in [1.54, 1.807) is 42.5 Å². The second-order valence-electron chi connectivity index (χ2n) is 6.12. The lowest BCUT2D eigenvalue weighted by Gasteiger charge is -2.10. The number of benzene rings is 3. The quantitative estimate of drug-likeness (QED) is 0.617. The second-order valence-corrected chi connectivity index (χ2v) is 6.12. The number of carbonyl (C=O) groups excluding carboxylic acids is 1. The molecule has 0 aliphatic rings. The minimum Gasteiger partial charge on any atom is -0.477 e. The van der Waals surface area contributed by atoms with Gasteiger partial charge < -0.3 is 15.2 Å². The number of para-hydroxylation sites is 1. The molecule has 3 aromatic carbocycles. The van der Waals surface area contributed by atoms with Crippen LogP contribution in [-0.4, -0.2) is 17.0 Å². The van der Waals surface area contributed by atoms with E-state index in [1.165, 1.54) is 6.08 Å². The third-order valence-electron chi connectivity index (χ3n) is 4.03. The van der Waals surface area contributed by atoms with Crippen LogP contribution in [0.2, 0.25) is 0 Å². The van der Waals surface area contributed by atoms with Crippen molar-refractivity contribution in [2.75, 3.05) is 0 Å². The maximum absolute atomic E-state index is 12.3. The maximum Gasteiger partial charge on any atom is 0.352 e. The molecule has 3 aromatic rings. The van der Waals surface area contributed by atoms with Gasteiger partial charge in [0, 0.05) is 5.56 Å². The number of aliphatic carboxylic acids is 1. The van der Waals surface area contributed by atoms with E-state index in [-0.39, 0.29) is 5.70 Å². The van der Waals surface area contributed by atoms with Crippen molar-refractivity contribution in [1.29, 1.82) is 0 Å². The Kier molecular flexibility index (Phi) is 5.87. The van der Waals surface area contributed by atoms with Gasteiger partial charge in [-0.05, 0) is 60.5 Å². The molecule has 5 heteroatoms. The minimum absolute atomic E-state index is 0.200. The van der Waals surface area contributed by atoms with E-state index in [0.717, 1.165) is 5.56 Å². The fourth-order valence-electron chi connectivity index (χ4n) is 2.59. The van der Waals surface area contributed by atoms with Gasteiger partial charge in [-0.15, -0.1) is 0 Å². The SMILES string of the molecule is Cc1cc(Oc2ccccc2)ccc1/C=C(/NC(=O)c1ccccc1)C(=O)O. The van der Waals surface area contributed by atoms with Gasteiger partial charge in [-0.25, -0.2) is 4.79 Å². The van der Waals surface area contributed by atoms with Gasteiger partial charge in [0.05, 0.1) is 0 Å². The average molecular weight is 373 g/mol. The summed E-state index contributed by atoms with van der Waals surface area (Å²) in [6.07, 6.45) is 1.44. The molecule has 140 valence electrons. The third kappa shape index (κ3) is 4.86. The number of nitrogens with one attached hydrogen (secondary N) is 1. The van der Waals surface area contributed by atoms with Crippen molar-refractivity contribution in [2.24, 2.45) is 0 Å². The molecule has 0 aliphatic carbocycles. The smallest absolute Gasteiger partial charge is 0.352 e. The molecular formula is C23H19NO4. The number of ether oxygens (including phenoxy) is 1. The van der Waals surface area contributed by atoms with Crippen molar-refractivity contribution in [3.8, 4) is 11.5 Å². The molecule has 0 aromatic heterocycles. The van der Waals surface area contributed by atoms with Crippen molar-refractivity contribution >= 4 is 18.0 Å². The number of hydrogen-bond acceptors (Lipinski definition) is 3. The Bertz CT molecular complexity index is 1010. The van der Waals surface area contributed by atoms with Crippen molar-refractivity contribution in [1.82, 2.24) is 5.32 Å². The predicted molar refractivity (Wildman–Crippen MR) is 107 cm³/mol. The van der Waals surface area contributed by atoms with Crippen molar-refractivity contribution in [2.45, 2.75) is 6.92 Å². The zero-order valence-corrected chi connectivity index (χ0v) is 15.3. The Balaban J connectivity index is 1.80. The van der Waals surface area contributed by atoms with E-state index in [1.807, 2.05) is 43.3 Å². The predicted octanol–water partition coefficient (Wildman–Crippen LogP) is 4.64. The first-order valence-corrected chi connectivity index (χ1v) is 8.68. The monoisotopic (exact) mass is 373 g/mol. The van der Waals surface area contributed by atoms with Gasteiger partial charge in [-0.3, -0.25) is 4.79 Å². The van der Waals surface area contributed by atoms with E-state index in [4.69, 9.17) is 4.74 Å². The summed E-state index contributed by atoms with van der Waals surface area (Å²) in [5.41, 5.74) is 1.68. The molecule has 5 nitrogen and oxygen atoms in total. The molecule has 0 fully saturated rings. The van der Waals surface area contributed by atoms with Crippen LogP contribution in [0.5, 0.6) is 11.5 Å². The van der Waals surface area contributed by atoms with Crippen molar-refractivity contribution in [3.63, 3.8) is 0 Å². The molecule has 0 bridgehead atoms. The topological polar surface area (TPSA) is 75.6 Å². The number of aryl methyl sites for hydroxylation is 1. The molecule has 2 N–H and O–H groups in total. The molecule has 3 rings (SSSR count). The van der Waals surface area contributed by atoms with Gasteiger partial charge in [0.1, 0.15) is 17.2 Å². The summed E-state index contributed by atoms with van der Waals surface area (Å²) in [5.74, 6) is -0.332. The lowest BCUT2D eigenvalue weighted by atomic mass is 10.1. The van der Waals surface area contributed by atoms with Crippen LogP contribution in [-0.2, 0) is 4.79 Å². The highest BCUT2D eigenvalue weighted by atomic mass is 16.5. The fraction of sp³-hybridized carbons (Fsp3) is 0.0435. The number of carbonyl (C=O) groups is 2. The Labute approximate surface area is 162 Å². The Morgan fingerprint density at radius 2 is 1.54 bits per heavy atom. The first-order valence-electron chi connectivity index (χ1n) is 8.68. The first-order chi connectivity index (χ1) is 13.5. The molecule has 1 amide bonds. The van der Waals surface area contributed by atoms with E-state index >= 15 is 0 Å². The van der Waals surface area contributed by atoms with E-state index < -0.39 is 11.9 Å². The summed E-state index contributed by atoms with van der Waals surface area (Å²) in [6, 6.07) is 23.2. The number of hydrogen-bond donors (Lipinski definition) is 2. The third-order valence-corrected chi connectivity index (χ3v) is 4.03. The highest BCUT2D eigenvalue weighted by Crippen LogP contribution is 2.24. The summed E-state index contributed by atoms with van der Waals surface area (Å²) in [4.78, 5) is 23.8. The van der Waals surface area contributed by atoms with Gasteiger partial charge in [-0.1, -0.05) is 42.5 Å². The molecule has 0 saturated heterocycles. The number of amides is 1. The van der Waals surface area contributed by atoms with Gasteiger partial charge in [0.15, 0.2) is 0 Å². The summed E-state index contributed by atoms with van der Waals surface area (Å²) in [5, 5.41) is 11.9. The standard InChI is InChI=1S/C23H19NO4/c1-16-14-20(28-19-10-6-3-7-11-19)13-12-18(16)15-21(23(26)27)24-22(25)17-8-4-2-5-9-17/h2-15H,1H3,(H,24,25)(H,26,27)/b21-15+. The maximum atomic E-state index is 12.3. The summed E-state index contributed by atoms with van der Waals surface area (Å²) in [6.45, 7) is 1.85. The summed E-state index contributed by atoms with van der Waals surface area (Å²) in [7, 11) is 0. The number of carboxylic acid groups (broad SMARTS) is 1. The Hall–Kier alpha value is -3.86. The average Bonchev–Trinajstić information content (AvgIpc) is 2.70. The van der Waals surface area contributed by atoms with E-state index in [2.05, 4.69) is 5.32 Å². The van der Waals surface area contributed by atoms with Gasteiger partial charge >= 0.3 is 5.97 Å². The molecular weight excluding hydrogens is 354 g/mol. The zero-order valence-electron chi connectivity index (χ0n) is 15.3. The molecule has 0 radical (unpaired) electrons. The Morgan fingerprint density at radius 3 is 2.14 bits per heavy atom. The molecule has 0 aliphatic heterocycles. The van der Waals surface area contributed by atoms with Crippen LogP contribution >= 0.6 is 0 Å². The first kappa shape index (κ1) is 18.9. The highest BCUT2D eigenvalue weighted by Gasteiger charge is 2.14. The van der Waals surface area contributed by atoms with Crippen molar-refractivity contribution in [3.05, 3.63) is 101 Å². The minimum atomic E-state index is -1.21.